The minimum Gasteiger partial charge on any atom is -0.300 e. The summed E-state index contributed by atoms with van der Waals surface area (Å²) >= 11 is 1.000. The van der Waals surface area contributed by atoms with Crippen LogP contribution in [0.4, 0.5) is 4.39 Å². The highest BCUT2D eigenvalue weighted by Crippen LogP contribution is 1.97. The molecule has 0 aliphatic rings. The Morgan fingerprint density at radius 3 is 2.30 bits per heavy atom. The van der Waals surface area contributed by atoms with Gasteiger partial charge in [-0.1, -0.05) is 11.3 Å². The van der Waals surface area contributed by atoms with Crippen LogP contribution in [0.1, 0.15) is 13.8 Å². The molecule has 0 spiro atoms. The van der Waals surface area contributed by atoms with Crippen LogP contribution in [0.25, 0.3) is 0 Å². The van der Waals surface area contributed by atoms with Gasteiger partial charge in [0.15, 0.2) is 0 Å². The molecule has 1 rings (SSSR count). The summed E-state index contributed by atoms with van der Waals surface area (Å²) in [6.07, 6.45) is 1.43. The standard InChI is InChI=1S/C3H2FNS.C3H6O/c4-3-5-1-2-6-3;1-3(2)4/h1-2H;1-2H3. The molecule has 1 aromatic heterocycles. The Hall–Kier alpha value is -0.770. The Labute approximate surface area is 62.7 Å². The molecule has 56 valence electrons. The fourth-order valence-electron chi connectivity index (χ4n) is 0.206. The van der Waals surface area contributed by atoms with Gasteiger partial charge < -0.3 is 4.79 Å². The highest BCUT2D eigenvalue weighted by atomic mass is 32.1. The van der Waals surface area contributed by atoms with Crippen molar-refractivity contribution in [1.29, 1.82) is 0 Å². The maximum Gasteiger partial charge on any atom is 0.268 e. The third kappa shape index (κ3) is 7.23. The van der Waals surface area contributed by atoms with Crippen molar-refractivity contribution < 1.29 is 9.18 Å². The number of nitrogens with zero attached hydrogens (tertiary/aromatic N) is 1. The van der Waals surface area contributed by atoms with Gasteiger partial charge in [-0.2, -0.15) is 4.39 Å². The smallest absolute Gasteiger partial charge is 0.268 e. The highest BCUT2D eigenvalue weighted by Gasteiger charge is 1.82. The first-order chi connectivity index (χ1) is 4.63. The first-order valence-electron chi connectivity index (χ1n) is 2.65. The molecular weight excluding hydrogens is 153 g/mol. The molecule has 10 heavy (non-hydrogen) atoms. The van der Waals surface area contributed by atoms with E-state index < -0.39 is 0 Å². The number of hydrogen-bond acceptors (Lipinski definition) is 3. The molecule has 0 aliphatic carbocycles. The summed E-state index contributed by atoms with van der Waals surface area (Å²) in [5.74, 6) is 0.167. The van der Waals surface area contributed by atoms with E-state index >= 15 is 0 Å². The third-order valence-electron chi connectivity index (χ3n) is 0.402. The summed E-state index contributed by atoms with van der Waals surface area (Å²) in [6.45, 7) is 3.06. The molecule has 0 amide bonds. The Kier molecular flexibility index (Phi) is 4.66. The molecule has 1 heterocycles. The average molecular weight is 161 g/mol. The maximum absolute atomic E-state index is 11.6. The molecule has 0 bridgehead atoms. The second-order valence-corrected chi connectivity index (χ2v) is 2.54. The summed E-state index contributed by atoms with van der Waals surface area (Å²) in [7, 11) is 0. The second-order valence-electron chi connectivity index (χ2n) is 1.69. The lowest BCUT2D eigenvalue weighted by Gasteiger charge is -1.59. The zero-order valence-corrected chi connectivity index (χ0v) is 6.61. The number of carbonyl (C=O) groups excluding carboxylic acids is 1. The molecule has 0 fully saturated rings. The fourth-order valence-corrected chi connectivity index (χ4v) is 0.562. The second kappa shape index (κ2) is 5.05. The molecule has 0 aromatic carbocycles. The summed E-state index contributed by atoms with van der Waals surface area (Å²) in [6, 6.07) is 0. The van der Waals surface area contributed by atoms with Gasteiger partial charge in [0.25, 0.3) is 5.26 Å². The van der Waals surface area contributed by atoms with Gasteiger partial charge in [-0.05, 0) is 13.8 Å². The minimum atomic E-state index is -0.366. The first-order valence-corrected chi connectivity index (χ1v) is 3.53. The van der Waals surface area contributed by atoms with Gasteiger partial charge in [-0.15, -0.1) is 0 Å². The number of carbonyl (C=O) groups is 1. The molecule has 0 saturated carbocycles. The molecule has 0 atom stereocenters. The van der Waals surface area contributed by atoms with Gasteiger partial charge in [0.1, 0.15) is 5.78 Å². The van der Waals surface area contributed by atoms with Crippen molar-refractivity contribution >= 4 is 17.1 Å². The number of halogens is 1. The van der Waals surface area contributed by atoms with E-state index in [-0.39, 0.29) is 11.0 Å². The van der Waals surface area contributed by atoms with Crippen LogP contribution in [0.2, 0.25) is 0 Å². The highest BCUT2D eigenvalue weighted by molar-refractivity contribution is 7.07. The summed E-state index contributed by atoms with van der Waals surface area (Å²) < 4.78 is 11.6. The number of hydrogen-bond donors (Lipinski definition) is 0. The molecule has 0 radical (unpaired) electrons. The predicted molar refractivity (Wildman–Crippen MR) is 38.4 cm³/mol. The van der Waals surface area contributed by atoms with Crippen LogP contribution in [-0.2, 0) is 4.79 Å². The Balaban J connectivity index is 0.000000180. The molecule has 4 heteroatoms. The zero-order chi connectivity index (χ0) is 7.98. The van der Waals surface area contributed by atoms with Crippen molar-refractivity contribution in [3.63, 3.8) is 0 Å². The van der Waals surface area contributed by atoms with Crippen LogP contribution in [0.5, 0.6) is 0 Å². The van der Waals surface area contributed by atoms with Crippen molar-refractivity contribution in [2.75, 3.05) is 0 Å². The van der Waals surface area contributed by atoms with Crippen LogP contribution < -0.4 is 0 Å². The zero-order valence-electron chi connectivity index (χ0n) is 5.80. The topological polar surface area (TPSA) is 30.0 Å². The van der Waals surface area contributed by atoms with E-state index in [0.717, 1.165) is 11.3 Å². The number of thiazole rings is 1. The Bertz CT molecular complexity index is 182. The fraction of sp³-hybridized carbons (Fsp3) is 0.333. The first kappa shape index (κ1) is 9.23. The van der Waals surface area contributed by atoms with Crippen molar-refractivity contribution in [2.45, 2.75) is 13.8 Å². The predicted octanol–water partition coefficient (Wildman–Crippen LogP) is 1.88. The van der Waals surface area contributed by atoms with Crippen LogP contribution in [0.15, 0.2) is 11.6 Å². The van der Waals surface area contributed by atoms with E-state index in [0.29, 0.717) is 0 Å². The van der Waals surface area contributed by atoms with Crippen LogP contribution in [0, 0.1) is 5.26 Å². The van der Waals surface area contributed by atoms with Crippen LogP contribution in [0.3, 0.4) is 0 Å². The minimum absolute atomic E-state index is 0.167. The van der Waals surface area contributed by atoms with Gasteiger partial charge in [0.2, 0.25) is 0 Å². The number of aromatic nitrogens is 1. The van der Waals surface area contributed by atoms with Crippen molar-refractivity contribution in [2.24, 2.45) is 0 Å². The maximum atomic E-state index is 11.6. The van der Waals surface area contributed by atoms with E-state index in [9.17, 15) is 9.18 Å². The molecule has 0 unspecified atom stereocenters. The molecular formula is C6H8FNOS. The number of Topliss-reactive ketones (excluding diaryl/α,β-unsaturated/α-hetero) is 1. The van der Waals surface area contributed by atoms with Crippen molar-refractivity contribution in [1.82, 2.24) is 4.98 Å². The van der Waals surface area contributed by atoms with E-state index in [1.807, 2.05) is 0 Å². The SMILES string of the molecule is CC(C)=O.Fc1nccs1. The number of ketones is 1. The lowest BCUT2D eigenvalue weighted by atomic mass is 10.6. The van der Waals surface area contributed by atoms with Crippen LogP contribution in [-0.4, -0.2) is 10.8 Å². The molecule has 0 saturated heterocycles. The quantitative estimate of drug-likeness (QED) is 0.581. The third-order valence-corrected chi connectivity index (χ3v) is 0.960. The molecule has 1 aromatic rings. The summed E-state index contributed by atoms with van der Waals surface area (Å²) in [5, 5.41) is 1.23. The van der Waals surface area contributed by atoms with Gasteiger partial charge in [-0.25, -0.2) is 4.98 Å². The van der Waals surface area contributed by atoms with E-state index in [1.165, 1.54) is 20.0 Å². The molecule has 2 nitrogen and oxygen atoms in total. The lowest BCUT2D eigenvalue weighted by molar-refractivity contribution is -0.114. The van der Waals surface area contributed by atoms with E-state index in [1.54, 1.807) is 5.38 Å². The monoisotopic (exact) mass is 161 g/mol. The summed E-state index contributed by atoms with van der Waals surface area (Å²) in [5.41, 5.74) is 0. The van der Waals surface area contributed by atoms with Gasteiger partial charge in [-0.3, -0.25) is 0 Å². The number of rotatable bonds is 0. The van der Waals surface area contributed by atoms with Crippen molar-refractivity contribution in [3.8, 4) is 0 Å². The van der Waals surface area contributed by atoms with Crippen LogP contribution >= 0.6 is 11.3 Å². The summed E-state index contributed by atoms with van der Waals surface area (Å²) in [4.78, 5) is 12.7. The Morgan fingerprint density at radius 2 is 2.20 bits per heavy atom. The normalized spacial score (nSPS) is 7.90. The van der Waals surface area contributed by atoms with Gasteiger partial charge in [0.05, 0.1) is 0 Å². The molecule has 0 aliphatic heterocycles. The molecule has 0 N–H and O–H groups in total. The largest absolute Gasteiger partial charge is 0.300 e. The van der Waals surface area contributed by atoms with Crippen molar-refractivity contribution in [3.05, 3.63) is 16.8 Å². The van der Waals surface area contributed by atoms with Gasteiger partial charge >= 0.3 is 0 Å². The van der Waals surface area contributed by atoms with E-state index in [2.05, 4.69) is 4.98 Å². The average Bonchev–Trinajstić information content (AvgIpc) is 2.15. The van der Waals surface area contributed by atoms with Gasteiger partial charge in [0, 0.05) is 11.6 Å². The van der Waals surface area contributed by atoms with E-state index in [4.69, 9.17) is 0 Å². The Morgan fingerprint density at radius 1 is 1.70 bits per heavy atom. The lowest BCUT2D eigenvalue weighted by Crippen LogP contribution is -1.69.